The van der Waals surface area contributed by atoms with E-state index in [0.717, 1.165) is 89.0 Å². The normalized spacial score (nSPS) is 12.4. The molecule has 5 heterocycles. The van der Waals surface area contributed by atoms with Gasteiger partial charge in [0, 0.05) is 5.39 Å². The lowest BCUT2D eigenvalue weighted by Gasteiger charge is -2.09. The van der Waals surface area contributed by atoms with Crippen molar-refractivity contribution in [2.24, 2.45) is 0 Å². The molecular weight excluding hydrogens is 556 g/mol. The maximum Gasteiger partial charge on any atom is 0.220 e. The first kappa shape index (κ1) is 23.2. The second-order valence-corrected chi connectivity index (χ2v) is 11.6. The van der Waals surface area contributed by atoms with Gasteiger partial charge in [0.05, 0.1) is 60.9 Å². The van der Waals surface area contributed by atoms with Crippen LogP contribution in [0.1, 0.15) is 0 Å². The van der Waals surface area contributed by atoms with Crippen molar-refractivity contribution in [1.29, 1.82) is 0 Å². The van der Waals surface area contributed by atoms with Gasteiger partial charge in [-0.25, -0.2) is 9.97 Å². The largest absolute Gasteiger partial charge is 0.456 e. The third-order valence-corrected chi connectivity index (χ3v) is 9.17. The topological polar surface area (TPSA) is 57.6 Å². The molecule has 0 radical (unpaired) electrons. The van der Waals surface area contributed by atoms with Crippen molar-refractivity contribution in [2.45, 2.75) is 0 Å². The third-order valence-electron chi connectivity index (χ3n) is 9.17. The molecule has 0 spiro atoms. The van der Waals surface area contributed by atoms with Crippen molar-refractivity contribution in [3.05, 3.63) is 133 Å². The first-order valence-electron chi connectivity index (χ1n) is 15.0. The summed E-state index contributed by atoms with van der Waals surface area (Å²) in [7, 11) is 0. The Morgan fingerprint density at radius 1 is 0.444 bits per heavy atom. The number of hydrogen-bond donors (Lipinski definition) is 0. The third kappa shape index (κ3) is 2.89. The minimum atomic E-state index is 0.856. The van der Waals surface area contributed by atoms with Crippen LogP contribution in [0.15, 0.2) is 138 Å². The predicted molar refractivity (Wildman–Crippen MR) is 180 cm³/mol. The predicted octanol–water partition coefficient (Wildman–Crippen LogP) is 9.08. The number of fused-ring (bicyclic) bond motifs is 13. The van der Waals surface area contributed by atoms with Gasteiger partial charge in [-0.1, -0.05) is 60.7 Å². The van der Waals surface area contributed by atoms with E-state index < -0.39 is 0 Å². The average Bonchev–Trinajstić information content (AvgIpc) is 3.87. The Labute approximate surface area is 254 Å². The van der Waals surface area contributed by atoms with Crippen LogP contribution in [0, 0.1) is 0 Å². The van der Waals surface area contributed by atoms with Gasteiger partial charge in [-0.2, -0.15) is 0 Å². The molecule has 0 saturated carbocycles. The number of rotatable bonds is 2. The van der Waals surface area contributed by atoms with Crippen LogP contribution in [-0.4, -0.2) is 27.9 Å². The van der Waals surface area contributed by atoms with E-state index in [1.807, 2.05) is 30.3 Å². The number of para-hydroxylation sites is 7. The van der Waals surface area contributed by atoms with Gasteiger partial charge in [-0.15, -0.1) is 0 Å². The Hall–Kier alpha value is -6.34. The Morgan fingerprint density at radius 3 is 1.84 bits per heavy atom. The van der Waals surface area contributed by atoms with Crippen molar-refractivity contribution in [3.8, 4) is 11.4 Å². The summed E-state index contributed by atoms with van der Waals surface area (Å²) in [6.45, 7) is 0. The monoisotopic (exact) mass is 578 g/mol. The van der Waals surface area contributed by atoms with Crippen LogP contribution in [0.25, 0.3) is 89.0 Å². The molecule has 0 saturated heterocycles. The van der Waals surface area contributed by atoms with E-state index in [-0.39, 0.29) is 0 Å². The molecule has 11 aromatic rings. The molecule has 0 amide bonds. The zero-order valence-electron chi connectivity index (χ0n) is 23.8. The highest BCUT2D eigenvalue weighted by molar-refractivity contribution is 6.10. The summed E-state index contributed by atoms with van der Waals surface area (Å²) >= 11 is 0. The summed E-state index contributed by atoms with van der Waals surface area (Å²) in [6, 6.07) is 46.4. The van der Waals surface area contributed by atoms with Gasteiger partial charge in [-0.3, -0.25) is 17.9 Å². The van der Waals surface area contributed by atoms with Crippen LogP contribution in [0.4, 0.5) is 0 Å². The van der Waals surface area contributed by atoms with E-state index in [1.54, 1.807) is 0 Å². The quantitative estimate of drug-likeness (QED) is 0.206. The molecule has 0 bridgehead atoms. The van der Waals surface area contributed by atoms with E-state index in [1.165, 1.54) is 0 Å². The van der Waals surface area contributed by atoms with Crippen molar-refractivity contribution < 1.29 is 4.42 Å². The molecule has 45 heavy (non-hydrogen) atoms. The number of benzene rings is 6. The van der Waals surface area contributed by atoms with Gasteiger partial charge < -0.3 is 4.42 Å². The molecule has 0 aliphatic heterocycles. The van der Waals surface area contributed by atoms with Crippen LogP contribution in [0.5, 0.6) is 0 Å². The van der Waals surface area contributed by atoms with Crippen LogP contribution in [-0.2, 0) is 0 Å². The molecule has 0 atom stereocenters. The Kier molecular flexibility index (Phi) is 4.21. The summed E-state index contributed by atoms with van der Waals surface area (Å²) in [6.07, 6.45) is 0. The average molecular weight is 579 g/mol. The molecule has 5 aromatic heterocycles. The molecule has 210 valence electrons. The molecule has 0 unspecified atom stereocenters. The molecule has 6 aromatic carbocycles. The smallest absolute Gasteiger partial charge is 0.220 e. The molecule has 0 N–H and O–H groups in total. The van der Waals surface area contributed by atoms with E-state index in [9.17, 15) is 0 Å². The fourth-order valence-corrected chi connectivity index (χ4v) is 7.31. The molecule has 11 rings (SSSR count). The Balaban J connectivity index is 1.29. The van der Waals surface area contributed by atoms with Crippen LogP contribution >= 0.6 is 0 Å². The fraction of sp³-hybridized carbons (Fsp3) is 0. The highest BCUT2D eigenvalue weighted by Gasteiger charge is 2.22. The van der Waals surface area contributed by atoms with Crippen LogP contribution in [0.3, 0.4) is 0 Å². The SMILES string of the molecule is c1ccc2c(c1)nc1n(-c3ccc4c(c3)n3c5ccccc5nc3n4-c3cccc4oc5ccccc5c34)c3ccccc3n21. The van der Waals surface area contributed by atoms with Crippen molar-refractivity contribution in [3.63, 3.8) is 0 Å². The van der Waals surface area contributed by atoms with Gasteiger partial charge in [0.15, 0.2) is 0 Å². The summed E-state index contributed by atoms with van der Waals surface area (Å²) in [4.78, 5) is 10.3. The highest BCUT2D eigenvalue weighted by Crippen LogP contribution is 2.38. The lowest BCUT2D eigenvalue weighted by atomic mass is 10.1. The zero-order chi connectivity index (χ0) is 29.2. The van der Waals surface area contributed by atoms with Gasteiger partial charge in [0.1, 0.15) is 11.2 Å². The summed E-state index contributed by atoms with van der Waals surface area (Å²) in [5, 5.41) is 2.16. The van der Waals surface area contributed by atoms with E-state index in [0.29, 0.717) is 0 Å². The number of aromatic nitrogens is 6. The van der Waals surface area contributed by atoms with Crippen molar-refractivity contribution >= 4 is 77.6 Å². The molecule has 0 aliphatic carbocycles. The molecule has 7 nitrogen and oxygen atoms in total. The molecule has 0 aliphatic rings. The van der Waals surface area contributed by atoms with Crippen molar-refractivity contribution in [1.82, 2.24) is 27.9 Å². The zero-order valence-corrected chi connectivity index (χ0v) is 23.8. The molecule has 0 fully saturated rings. The van der Waals surface area contributed by atoms with Gasteiger partial charge in [0.2, 0.25) is 11.6 Å². The maximum absolute atomic E-state index is 6.30. The Morgan fingerprint density at radius 2 is 1.04 bits per heavy atom. The number of nitrogens with zero attached hydrogens (tertiary/aromatic N) is 6. The second kappa shape index (κ2) is 8.18. The van der Waals surface area contributed by atoms with E-state index >= 15 is 0 Å². The van der Waals surface area contributed by atoms with Crippen LogP contribution < -0.4 is 0 Å². The summed E-state index contributed by atoms with van der Waals surface area (Å²) in [5.41, 5.74) is 12.2. The second-order valence-electron chi connectivity index (χ2n) is 11.6. The molecule has 7 heteroatoms. The molecular formula is C38H22N6O. The standard InChI is InChI=1S/C38H22N6O/c1-8-18-34-24(10-1)36-32(17-9-19-35(36)45-34)44-31-21-20-23(22-33(31)43-28-14-5-3-12-26(28)40-38(43)44)41-29-15-6-7-16-30(29)42-27-13-4-2-11-25(27)39-37(41)42/h1-22H. The van der Waals surface area contributed by atoms with Gasteiger partial charge in [-0.05, 0) is 72.8 Å². The first-order valence-corrected chi connectivity index (χ1v) is 15.0. The van der Waals surface area contributed by atoms with Crippen molar-refractivity contribution in [2.75, 3.05) is 0 Å². The minimum Gasteiger partial charge on any atom is -0.456 e. The highest BCUT2D eigenvalue weighted by atomic mass is 16.3. The number of imidazole rings is 4. The number of furan rings is 1. The first-order chi connectivity index (χ1) is 22.3. The van der Waals surface area contributed by atoms with Gasteiger partial charge in [0.25, 0.3) is 0 Å². The fourth-order valence-electron chi connectivity index (χ4n) is 7.31. The summed E-state index contributed by atoms with van der Waals surface area (Å²) in [5.74, 6) is 1.74. The van der Waals surface area contributed by atoms with Gasteiger partial charge >= 0.3 is 0 Å². The minimum absolute atomic E-state index is 0.856. The van der Waals surface area contributed by atoms with Crippen LogP contribution in [0.2, 0.25) is 0 Å². The summed E-state index contributed by atoms with van der Waals surface area (Å²) < 4.78 is 15.4. The lowest BCUT2D eigenvalue weighted by molar-refractivity contribution is 0.669. The maximum atomic E-state index is 6.30. The van der Waals surface area contributed by atoms with E-state index in [2.05, 4.69) is 121 Å². The number of hydrogen-bond acceptors (Lipinski definition) is 3. The Bertz CT molecular complexity index is 3000. The lowest BCUT2D eigenvalue weighted by Crippen LogP contribution is -1.97. The van der Waals surface area contributed by atoms with E-state index in [4.69, 9.17) is 14.4 Å².